The van der Waals surface area contributed by atoms with Crippen molar-refractivity contribution in [1.29, 1.82) is 0 Å². The average Bonchev–Trinajstić information content (AvgIpc) is 2.90. The molecule has 0 aliphatic carbocycles. The topological polar surface area (TPSA) is 41.3 Å². The molecule has 1 heterocycles. The van der Waals surface area contributed by atoms with Crippen LogP contribution in [0.2, 0.25) is 0 Å². The van der Waals surface area contributed by atoms with E-state index in [9.17, 15) is 0 Å². The van der Waals surface area contributed by atoms with Gasteiger partial charge in [-0.05, 0) is 42.2 Å². The molecular weight excluding hydrogens is 270 g/mol. The van der Waals surface area contributed by atoms with Crippen LogP contribution >= 0.6 is 0 Å². The molecule has 22 heavy (non-hydrogen) atoms. The Bertz CT molecular complexity index is 631. The van der Waals surface area contributed by atoms with E-state index >= 15 is 0 Å². The van der Waals surface area contributed by atoms with Crippen LogP contribution < -0.4 is 11.2 Å². The lowest BCUT2D eigenvalue weighted by Crippen LogP contribution is -2.33. The van der Waals surface area contributed by atoms with Crippen molar-refractivity contribution in [3.63, 3.8) is 0 Å². The second kappa shape index (κ2) is 6.77. The summed E-state index contributed by atoms with van der Waals surface area (Å²) in [5.74, 6) is 0. The maximum Gasteiger partial charge on any atom is 0.0588 e. The molecule has 0 amide bonds. The highest BCUT2D eigenvalue weighted by atomic mass is 15.5. The molecule has 1 unspecified atom stereocenters. The third-order valence-corrected chi connectivity index (χ3v) is 4.04. The fraction of sp³-hybridized carbons (Fsp3) is 0.263. The second-order valence-electron chi connectivity index (χ2n) is 5.78. The number of benzene rings is 2. The zero-order valence-electron chi connectivity index (χ0n) is 13.0. The minimum atomic E-state index is 0.323. The summed E-state index contributed by atoms with van der Waals surface area (Å²) in [4.78, 5) is 0. The van der Waals surface area contributed by atoms with Gasteiger partial charge in [0.15, 0.2) is 0 Å². The lowest BCUT2D eigenvalue weighted by Gasteiger charge is -2.18. The Kier molecular flexibility index (Phi) is 4.56. The summed E-state index contributed by atoms with van der Waals surface area (Å²) in [7, 11) is 0. The zero-order chi connectivity index (χ0) is 15.4. The number of nitrogens with zero attached hydrogens (tertiary/aromatic N) is 1. The number of nitrogens with two attached hydrogens (primary N) is 1. The molecule has 2 aromatic rings. The number of nitrogens with one attached hydrogen (secondary N) is 1. The Morgan fingerprint density at radius 3 is 2.41 bits per heavy atom. The highest BCUT2D eigenvalue weighted by Gasteiger charge is 2.20. The van der Waals surface area contributed by atoms with Crippen molar-refractivity contribution in [2.75, 3.05) is 6.54 Å². The van der Waals surface area contributed by atoms with E-state index in [1.54, 1.807) is 0 Å². The summed E-state index contributed by atoms with van der Waals surface area (Å²) < 4.78 is 0. The molecule has 3 heteroatoms. The standard InChI is InChI=1S/C19H23N3/c1-15-19(18-9-7-16(8-10-18)11-12-20)14-22(21-15)13-17-5-3-2-4-6-17/h2-10,14-15,21H,11-13,20H2,1H3. The summed E-state index contributed by atoms with van der Waals surface area (Å²) in [6.45, 7) is 3.77. The van der Waals surface area contributed by atoms with Crippen molar-refractivity contribution in [2.24, 2.45) is 5.73 Å². The SMILES string of the molecule is CC1NN(Cc2ccccc2)C=C1c1ccc(CCN)cc1. The largest absolute Gasteiger partial charge is 0.330 e. The monoisotopic (exact) mass is 293 g/mol. The average molecular weight is 293 g/mol. The molecule has 0 saturated carbocycles. The zero-order valence-corrected chi connectivity index (χ0v) is 13.0. The van der Waals surface area contributed by atoms with E-state index in [-0.39, 0.29) is 0 Å². The molecule has 1 atom stereocenters. The van der Waals surface area contributed by atoms with Crippen LogP contribution in [-0.2, 0) is 13.0 Å². The van der Waals surface area contributed by atoms with Gasteiger partial charge in [0.1, 0.15) is 0 Å². The third kappa shape index (κ3) is 3.38. The minimum absolute atomic E-state index is 0.323. The van der Waals surface area contributed by atoms with E-state index in [0.29, 0.717) is 12.6 Å². The van der Waals surface area contributed by atoms with E-state index in [1.165, 1.54) is 22.3 Å². The molecule has 114 valence electrons. The maximum absolute atomic E-state index is 5.61. The van der Waals surface area contributed by atoms with Crippen LogP contribution in [0.15, 0.2) is 60.8 Å². The Hall–Kier alpha value is -2.10. The van der Waals surface area contributed by atoms with Crippen LogP contribution in [-0.4, -0.2) is 17.6 Å². The molecule has 3 rings (SSSR count). The van der Waals surface area contributed by atoms with E-state index in [1.807, 2.05) is 6.07 Å². The first-order chi connectivity index (χ1) is 10.8. The first-order valence-corrected chi connectivity index (χ1v) is 7.84. The first-order valence-electron chi connectivity index (χ1n) is 7.84. The summed E-state index contributed by atoms with van der Waals surface area (Å²) in [6, 6.07) is 19.6. The molecule has 1 aliphatic rings. The van der Waals surface area contributed by atoms with E-state index in [2.05, 4.69) is 72.1 Å². The summed E-state index contributed by atoms with van der Waals surface area (Å²) in [5, 5.41) is 2.17. The van der Waals surface area contributed by atoms with Gasteiger partial charge < -0.3 is 10.7 Å². The molecule has 0 bridgehead atoms. The predicted octanol–water partition coefficient (Wildman–Crippen LogP) is 2.94. The lowest BCUT2D eigenvalue weighted by molar-refractivity contribution is 0.273. The van der Waals surface area contributed by atoms with Crippen LogP contribution in [0.1, 0.15) is 23.6 Å². The molecule has 3 nitrogen and oxygen atoms in total. The second-order valence-corrected chi connectivity index (χ2v) is 5.78. The fourth-order valence-electron chi connectivity index (χ4n) is 2.86. The van der Waals surface area contributed by atoms with Gasteiger partial charge in [0, 0.05) is 6.20 Å². The van der Waals surface area contributed by atoms with Gasteiger partial charge in [-0.2, -0.15) is 0 Å². The van der Waals surface area contributed by atoms with Crippen molar-refractivity contribution in [3.8, 4) is 0 Å². The van der Waals surface area contributed by atoms with Gasteiger partial charge >= 0.3 is 0 Å². The molecule has 1 aliphatic heterocycles. The van der Waals surface area contributed by atoms with Crippen molar-refractivity contribution >= 4 is 5.57 Å². The Morgan fingerprint density at radius 2 is 1.73 bits per heavy atom. The van der Waals surface area contributed by atoms with Crippen LogP contribution in [0.4, 0.5) is 0 Å². The van der Waals surface area contributed by atoms with E-state index in [4.69, 9.17) is 5.73 Å². The molecule has 0 saturated heterocycles. The molecule has 0 spiro atoms. The molecule has 0 aromatic heterocycles. The highest BCUT2D eigenvalue weighted by Crippen LogP contribution is 2.25. The van der Waals surface area contributed by atoms with Gasteiger partial charge in [-0.15, -0.1) is 0 Å². The lowest BCUT2D eigenvalue weighted by atomic mass is 10.00. The van der Waals surface area contributed by atoms with Crippen LogP contribution in [0.5, 0.6) is 0 Å². The molecular formula is C19H23N3. The quantitative estimate of drug-likeness (QED) is 0.890. The fourth-order valence-corrected chi connectivity index (χ4v) is 2.86. The van der Waals surface area contributed by atoms with Crippen LogP contribution in [0, 0.1) is 0 Å². The predicted molar refractivity (Wildman–Crippen MR) is 91.8 cm³/mol. The summed E-state index contributed by atoms with van der Waals surface area (Å²) in [5.41, 5.74) is 14.3. The van der Waals surface area contributed by atoms with Gasteiger partial charge in [0.05, 0.1) is 12.6 Å². The van der Waals surface area contributed by atoms with E-state index in [0.717, 1.165) is 13.0 Å². The van der Waals surface area contributed by atoms with Crippen LogP contribution in [0.25, 0.3) is 5.57 Å². The normalized spacial score (nSPS) is 17.6. The first kappa shape index (κ1) is 14.8. The molecule has 3 N–H and O–H groups in total. The highest BCUT2D eigenvalue weighted by molar-refractivity contribution is 5.70. The van der Waals surface area contributed by atoms with Gasteiger partial charge in [0.25, 0.3) is 0 Å². The van der Waals surface area contributed by atoms with Crippen molar-refractivity contribution in [2.45, 2.75) is 25.9 Å². The van der Waals surface area contributed by atoms with E-state index < -0.39 is 0 Å². The Morgan fingerprint density at radius 1 is 1.00 bits per heavy atom. The van der Waals surface area contributed by atoms with Gasteiger partial charge in [-0.25, -0.2) is 5.43 Å². The number of rotatable bonds is 5. The van der Waals surface area contributed by atoms with Gasteiger partial charge in [-0.3, -0.25) is 0 Å². The van der Waals surface area contributed by atoms with Crippen molar-refractivity contribution in [3.05, 3.63) is 77.5 Å². The Balaban J connectivity index is 1.74. The van der Waals surface area contributed by atoms with Gasteiger partial charge in [0.2, 0.25) is 0 Å². The summed E-state index contributed by atoms with van der Waals surface area (Å²) in [6.07, 6.45) is 3.16. The smallest absolute Gasteiger partial charge is 0.0588 e. The summed E-state index contributed by atoms with van der Waals surface area (Å²) >= 11 is 0. The molecule has 0 fully saturated rings. The van der Waals surface area contributed by atoms with Crippen molar-refractivity contribution in [1.82, 2.24) is 10.4 Å². The number of hydrogen-bond acceptors (Lipinski definition) is 3. The third-order valence-electron chi connectivity index (χ3n) is 4.04. The minimum Gasteiger partial charge on any atom is -0.330 e. The van der Waals surface area contributed by atoms with Crippen LogP contribution in [0.3, 0.4) is 0 Å². The van der Waals surface area contributed by atoms with Crippen molar-refractivity contribution < 1.29 is 0 Å². The number of hydrazine groups is 1. The molecule has 0 radical (unpaired) electrons. The maximum atomic E-state index is 5.61. The molecule has 2 aromatic carbocycles. The van der Waals surface area contributed by atoms with Gasteiger partial charge in [-0.1, -0.05) is 54.6 Å². The number of hydrogen-bond donors (Lipinski definition) is 2. The Labute approximate surface area is 132 Å².